The lowest BCUT2D eigenvalue weighted by Gasteiger charge is -2.04. The van der Waals surface area contributed by atoms with Crippen molar-refractivity contribution < 1.29 is 8.78 Å². The monoisotopic (exact) mass is 305 g/mol. The van der Waals surface area contributed by atoms with Crippen molar-refractivity contribution in [1.29, 1.82) is 0 Å². The van der Waals surface area contributed by atoms with Gasteiger partial charge in [0, 0.05) is 5.56 Å². The van der Waals surface area contributed by atoms with Gasteiger partial charge in [-0.1, -0.05) is 0 Å². The van der Waals surface area contributed by atoms with E-state index in [4.69, 9.17) is 17.2 Å². The Morgan fingerprint density at radius 2 is 1.82 bits per heavy atom. The minimum Gasteiger partial charge on any atom is -0.370 e. The van der Waals surface area contributed by atoms with Crippen molar-refractivity contribution in [3.63, 3.8) is 0 Å². The lowest BCUT2D eigenvalue weighted by Crippen LogP contribution is -2.26. The first-order valence-electron chi connectivity index (χ1n) is 4.40. The van der Waals surface area contributed by atoms with Crippen LogP contribution in [0.3, 0.4) is 0 Å². The van der Waals surface area contributed by atoms with Crippen LogP contribution in [0.2, 0.25) is 0 Å². The van der Waals surface area contributed by atoms with Crippen LogP contribution in [0.5, 0.6) is 0 Å². The fourth-order valence-electron chi connectivity index (χ4n) is 1.08. The number of benzene rings is 1. The Bertz CT molecular complexity index is 509. The number of guanidine groups is 2. The molecule has 0 bridgehead atoms. The average molecular weight is 306 g/mol. The molecule has 0 unspecified atom stereocenters. The number of aliphatic imine (C=N–C) groups is 2. The molecule has 0 aliphatic heterocycles. The van der Waals surface area contributed by atoms with E-state index in [1.807, 2.05) is 0 Å². The topological polar surface area (TPSA) is 103 Å². The summed E-state index contributed by atoms with van der Waals surface area (Å²) in [6.45, 7) is 1.28. The number of nitrogens with two attached hydrogens (primary N) is 3. The highest BCUT2D eigenvalue weighted by atomic mass is 79.9. The Hall–Kier alpha value is -1.70. The van der Waals surface area contributed by atoms with Gasteiger partial charge in [-0.05, 0) is 28.9 Å². The van der Waals surface area contributed by atoms with Gasteiger partial charge < -0.3 is 17.2 Å². The maximum atomic E-state index is 13.6. The maximum Gasteiger partial charge on any atom is 0.223 e. The number of hydrogen-bond acceptors (Lipinski definition) is 1. The second-order valence-electron chi connectivity index (χ2n) is 3.14. The van der Waals surface area contributed by atoms with E-state index in [1.165, 1.54) is 6.92 Å². The molecule has 0 saturated carbocycles. The average Bonchev–Trinajstić information content (AvgIpc) is 2.21. The Balaban J connectivity index is 3.30. The van der Waals surface area contributed by atoms with Crippen molar-refractivity contribution >= 4 is 33.5 Å². The van der Waals surface area contributed by atoms with Crippen molar-refractivity contribution in [3.8, 4) is 0 Å². The molecule has 8 heteroatoms. The predicted molar refractivity (Wildman–Crippen MR) is 65.9 cm³/mol. The van der Waals surface area contributed by atoms with Crippen molar-refractivity contribution in [2.24, 2.45) is 27.2 Å². The van der Waals surface area contributed by atoms with Crippen LogP contribution >= 0.6 is 15.9 Å². The third-order valence-corrected chi connectivity index (χ3v) is 2.41. The number of halogens is 3. The van der Waals surface area contributed by atoms with Crippen LogP contribution in [-0.2, 0) is 0 Å². The lowest BCUT2D eigenvalue weighted by atomic mass is 10.2. The summed E-state index contributed by atoms with van der Waals surface area (Å²) in [6.07, 6.45) is 0. The zero-order valence-electron chi connectivity index (χ0n) is 8.84. The van der Waals surface area contributed by atoms with Crippen molar-refractivity contribution in [2.45, 2.75) is 6.92 Å². The quantitative estimate of drug-likeness (QED) is 0.413. The molecule has 0 saturated heterocycles. The largest absolute Gasteiger partial charge is 0.370 e. The normalized spacial score (nSPS) is 11.4. The molecular weight excluding hydrogens is 296 g/mol. The Morgan fingerprint density at radius 1 is 1.24 bits per heavy atom. The van der Waals surface area contributed by atoms with Gasteiger partial charge in [-0.3, -0.25) is 0 Å². The van der Waals surface area contributed by atoms with Gasteiger partial charge in [0.05, 0.1) is 4.47 Å². The van der Waals surface area contributed by atoms with Crippen LogP contribution in [0.4, 0.5) is 14.5 Å². The molecule has 0 spiro atoms. The van der Waals surface area contributed by atoms with Gasteiger partial charge in [0.15, 0.2) is 11.8 Å². The minimum atomic E-state index is -0.820. The summed E-state index contributed by atoms with van der Waals surface area (Å²) in [5.74, 6) is -2.13. The maximum absolute atomic E-state index is 13.6. The van der Waals surface area contributed by atoms with Gasteiger partial charge in [0.2, 0.25) is 5.96 Å². The zero-order chi connectivity index (χ0) is 13.2. The predicted octanol–water partition coefficient (Wildman–Crippen LogP) is 1.26. The van der Waals surface area contributed by atoms with Gasteiger partial charge in [-0.2, -0.15) is 4.99 Å². The summed E-state index contributed by atoms with van der Waals surface area (Å²) in [5, 5.41) is 0. The van der Waals surface area contributed by atoms with Gasteiger partial charge >= 0.3 is 0 Å². The highest BCUT2D eigenvalue weighted by Crippen LogP contribution is 2.29. The van der Waals surface area contributed by atoms with E-state index in [1.54, 1.807) is 0 Å². The lowest BCUT2D eigenvalue weighted by molar-refractivity contribution is 0.565. The van der Waals surface area contributed by atoms with E-state index in [9.17, 15) is 8.78 Å². The first-order valence-corrected chi connectivity index (χ1v) is 5.20. The molecule has 1 aromatic carbocycles. The number of nitrogens with zero attached hydrogens (tertiary/aromatic N) is 2. The second kappa shape index (κ2) is 5.09. The molecule has 17 heavy (non-hydrogen) atoms. The SMILES string of the molecule is Cc1c(F)c(Br)cc(N=C(N)N=C(N)N)c1F. The van der Waals surface area contributed by atoms with Crippen LogP contribution in [-0.4, -0.2) is 11.9 Å². The van der Waals surface area contributed by atoms with Crippen LogP contribution < -0.4 is 17.2 Å². The molecular formula is C9H10BrF2N5. The Morgan fingerprint density at radius 3 is 2.35 bits per heavy atom. The smallest absolute Gasteiger partial charge is 0.223 e. The van der Waals surface area contributed by atoms with E-state index >= 15 is 0 Å². The molecule has 0 amide bonds. The van der Waals surface area contributed by atoms with Crippen molar-refractivity contribution in [1.82, 2.24) is 0 Å². The molecule has 0 heterocycles. The molecule has 0 aromatic heterocycles. The highest BCUT2D eigenvalue weighted by molar-refractivity contribution is 9.10. The van der Waals surface area contributed by atoms with Crippen molar-refractivity contribution in [2.75, 3.05) is 0 Å². The zero-order valence-corrected chi connectivity index (χ0v) is 10.4. The standard InChI is InChI=1S/C9H10BrF2N5/c1-3-6(11)4(10)2-5(7(3)12)16-9(15)17-8(13)14/h2H,1H3,(H6,13,14,15,16,17). The minimum absolute atomic E-state index is 0.0765. The van der Waals surface area contributed by atoms with E-state index in [2.05, 4.69) is 25.9 Å². The van der Waals surface area contributed by atoms with E-state index < -0.39 is 11.6 Å². The number of hydrogen-bond donors (Lipinski definition) is 3. The van der Waals surface area contributed by atoms with Crippen LogP contribution in [0.15, 0.2) is 20.5 Å². The molecule has 0 aliphatic carbocycles. The first-order chi connectivity index (χ1) is 7.82. The molecule has 0 fully saturated rings. The fourth-order valence-corrected chi connectivity index (χ4v) is 1.59. The molecule has 1 rings (SSSR count). The summed E-state index contributed by atoms with van der Waals surface area (Å²) in [7, 11) is 0. The second-order valence-corrected chi connectivity index (χ2v) is 3.99. The number of rotatable bonds is 1. The van der Waals surface area contributed by atoms with Crippen LogP contribution in [0, 0.1) is 18.6 Å². The van der Waals surface area contributed by atoms with Gasteiger partial charge in [-0.15, -0.1) is 0 Å². The van der Waals surface area contributed by atoms with Crippen molar-refractivity contribution in [3.05, 3.63) is 27.7 Å². The van der Waals surface area contributed by atoms with Gasteiger partial charge in [0.25, 0.3) is 0 Å². The summed E-state index contributed by atoms with van der Waals surface area (Å²) in [5.41, 5.74) is 15.2. The Labute approximate surface area is 105 Å². The molecule has 5 nitrogen and oxygen atoms in total. The third-order valence-electron chi connectivity index (χ3n) is 1.84. The third kappa shape index (κ3) is 3.13. The summed E-state index contributed by atoms with van der Waals surface area (Å²) in [4.78, 5) is 7.06. The molecule has 92 valence electrons. The summed E-state index contributed by atoms with van der Waals surface area (Å²) < 4.78 is 27.0. The summed E-state index contributed by atoms with van der Waals surface area (Å²) >= 11 is 2.93. The van der Waals surface area contributed by atoms with E-state index in [-0.39, 0.29) is 27.6 Å². The fraction of sp³-hybridized carbons (Fsp3) is 0.111. The molecule has 6 N–H and O–H groups in total. The van der Waals surface area contributed by atoms with Gasteiger partial charge in [-0.25, -0.2) is 13.8 Å². The van der Waals surface area contributed by atoms with Gasteiger partial charge in [0.1, 0.15) is 11.5 Å². The summed E-state index contributed by atoms with van der Waals surface area (Å²) in [6, 6.07) is 1.15. The van der Waals surface area contributed by atoms with Crippen LogP contribution in [0.25, 0.3) is 0 Å². The van der Waals surface area contributed by atoms with Crippen LogP contribution in [0.1, 0.15) is 5.56 Å². The first kappa shape index (κ1) is 13.4. The van der Waals surface area contributed by atoms with E-state index in [0.717, 1.165) is 6.07 Å². The molecule has 1 aromatic rings. The molecule has 0 atom stereocenters. The Kier molecular flexibility index (Phi) is 4.00. The highest BCUT2D eigenvalue weighted by Gasteiger charge is 2.13. The molecule has 0 aliphatic rings. The molecule has 0 radical (unpaired) electrons. The van der Waals surface area contributed by atoms with E-state index in [0.29, 0.717) is 0 Å².